The Morgan fingerprint density at radius 3 is 2.53 bits per heavy atom. The third-order valence-corrected chi connectivity index (χ3v) is 3.63. The smallest absolute Gasteiger partial charge is 0.264 e. The summed E-state index contributed by atoms with van der Waals surface area (Å²) in [5.41, 5.74) is 5.91. The van der Waals surface area contributed by atoms with Gasteiger partial charge in [0.15, 0.2) is 0 Å². The van der Waals surface area contributed by atoms with Crippen LogP contribution in [0.15, 0.2) is 41.6 Å². The molecule has 1 heterocycles. The number of nitrogens with two attached hydrogens (primary N) is 1. The van der Waals surface area contributed by atoms with E-state index in [1.165, 1.54) is 37.7 Å². The van der Waals surface area contributed by atoms with E-state index < -0.39 is 10.0 Å². The van der Waals surface area contributed by atoms with Crippen LogP contribution in [0, 0.1) is 0 Å². The van der Waals surface area contributed by atoms with Gasteiger partial charge in [-0.1, -0.05) is 0 Å². The summed E-state index contributed by atoms with van der Waals surface area (Å²) in [6, 6.07) is 5.77. The molecule has 8 heteroatoms. The zero-order chi connectivity index (χ0) is 13.9. The van der Waals surface area contributed by atoms with Gasteiger partial charge in [-0.25, -0.2) is 23.1 Å². The van der Waals surface area contributed by atoms with Gasteiger partial charge in [-0.2, -0.15) is 0 Å². The van der Waals surface area contributed by atoms with Crippen molar-refractivity contribution in [3.8, 4) is 5.75 Å². The molecule has 0 fully saturated rings. The highest BCUT2D eigenvalue weighted by Crippen LogP contribution is 2.24. The van der Waals surface area contributed by atoms with Crippen molar-refractivity contribution in [2.45, 2.75) is 4.90 Å². The topological polar surface area (TPSA) is 107 Å². The van der Waals surface area contributed by atoms with Crippen molar-refractivity contribution in [3.05, 3.63) is 36.7 Å². The van der Waals surface area contributed by atoms with Gasteiger partial charge in [-0.15, -0.1) is 0 Å². The predicted molar refractivity (Wildman–Crippen MR) is 70.2 cm³/mol. The minimum atomic E-state index is -3.77. The fourth-order valence-corrected chi connectivity index (χ4v) is 2.40. The first kappa shape index (κ1) is 13.1. The lowest BCUT2D eigenvalue weighted by Crippen LogP contribution is -2.15. The molecule has 1 aromatic carbocycles. The molecular formula is C11H12N4O3S. The second-order valence-corrected chi connectivity index (χ2v) is 5.26. The molecule has 7 nitrogen and oxygen atoms in total. The van der Waals surface area contributed by atoms with Crippen LogP contribution in [0.1, 0.15) is 0 Å². The second kappa shape index (κ2) is 5.11. The number of hydrogen-bond donors (Lipinski definition) is 2. The monoisotopic (exact) mass is 280 g/mol. The number of hydrogen-bond acceptors (Lipinski definition) is 6. The number of rotatable bonds is 4. The number of benzene rings is 1. The van der Waals surface area contributed by atoms with E-state index in [1.807, 2.05) is 0 Å². The van der Waals surface area contributed by atoms with Crippen molar-refractivity contribution in [1.82, 2.24) is 9.97 Å². The molecule has 1 aromatic heterocycles. The molecule has 0 bridgehead atoms. The molecule has 2 rings (SSSR count). The average molecular weight is 280 g/mol. The van der Waals surface area contributed by atoms with E-state index in [9.17, 15) is 8.42 Å². The second-order valence-electron chi connectivity index (χ2n) is 3.58. The van der Waals surface area contributed by atoms with Crippen LogP contribution in [0.2, 0.25) is 0 Å². The van der Waals surface area contributed by atoms with Gasteiger partial charge in [0.25, 0.3) is 10.0 Å². The van der Waals surface area contributed by atoms with Crippen LogP contribution < -0.4 is 15.2 Å². The van der Waals surface area contributed by atoms with Crippen LogP contribution in [0.25, 0.3) is 0 Å². The third-order valence-electron chi connectivity index (χ3n) is 2.30. The molecule has 0 unspecified atom stereocenters. The zero-order valence-corrected chi connectivity index (χ0v) is 10.9. The number of anilines is 2. The van der Waals surface area contributed by atoms with Gasteiger partial charge in [0, 0.05) is 12.4 Å². The van der Waals surface area contributed by atoms with Crippen LogP contribution >= 0.6 is 0 Å². The lowest BCUT2D eigenvalue weighted by molar-refractivity contribution is 0.416. The first-order valence-corrected chi connectivity index (χ1v) is 6.74. The first-order valence-electron chi connectivity index (χ1n) is 5.26. The summed E-state index contributed by atoms with van der Waals surface area (Å²) in [7, 11) is -2.32. The maximum Gasteiger partial charge on any atom is 0.264 e. The molecular weight excluding hydrogens is 268 g/mol. The number of nitrogens with one attached hydrogen (secondary N) is 1. The fraction of sp³-hybridized carbons (Fsp3) is 0.0909. The van der Waals surface area contributed by atoms with Crippen molar-refractivity contribution >= 4 is 21.7 Å². The SMILES string of the molecule is COc1ccc(S(=O)(=O)Nc2ncccn2)cc1N. The van der Waals surface area contributed by atoms with Crippen LogP contribution in [0.4, 0.5) is 11.6 Å². The number of nitrogens with zero attached hydrogens (tertiary/aromatic N) is 2. The van der Waals surface area contributed by atoms with Gasteiger partial charge >= 0.3 is 0 Å². The van der Waals surface area contributed by atoms with E-state index in [4.69, 9.17) is 10.5 Å². The molecule has 3 N–H and O–H groups in total. The Morgan fingerprint density at radius 2 is 1.95 bits per heavy atom. The van der Waals surface area contributed by atoms with Crippen LogP contribution in [-0.2, 0) is 10.0 Å². The summed E-state index contributed by atoms with van der Waals surface area (Å²) in [6.07, 6.45) is 2.88. The van der Waals surface area contributed by atoms with Crippen LogP contribution in [0.3, 0.4) is 0 Å². The maximum absolute atomic E-state index is 12.1. The van der Waals surface area contributed by atoms with E-state index in [-0.39, 0.29) is 16.5 Å². The highest BCUT2D eigenvalue weighted by molar-refractivity contribution is 7.92. The molecule has 0 saturated heterocycles. The summed E-state index contributed by atoms with van der Waals surface area (Å²) in [6.45, 7) is 0. The van der Waals surface area contributed by atoms with Gasteiger partial charge in [0.1, 0.15) is 5.75 Å². The van der Waals surface area contributed by atoms with Gasteiger partial charge in [0.05, 0.1) is 17.7 Å². The highest BCUT2D eigenvalue weighted by Gasteiger charge is 2.16. The highest BCUT2D eigenvalue weighted by atomic mass is 32.2. The molecule has 0 saturated carbocycles. The lowest BCUT2D eigenvalue weighted by Gasteiger charge is -2.09. The molecule has 19 heavy (non-hydrogen) atoms. The molecule has 0 aliphatic rings. The van der Waals surface area contributed by atoms with Crippen molar-refractivity contribution in [2.75, 3.05) is 17.6 Å². The van der Waals surface area contributed by atoms with Gasteiger partial charge in [0.2, 0.25) is 5.95 Å². The quantitative estimate of drug-likeness (QED) is 0.805. The third kappa shape index (κ3) is 2.91. The minimum Gasteiger partial charge on any atom is -0.495 e. The number of sulfonamides is 1. The van der Waals surface area contributed by atoms with Crippen molar-refractivity contribution in [1.29, 1.82) is 0 Å². The zero-order valence-electron chi connectivity index (χ0n) is 10.1. The van der Waals surface area contributed by atoms with E-state index in [0.717, 1.165) is 0 Å². The maximum atomic E-state index is 12.1. The molecule has 0 radical (unpaired) electrons. The summed E-state index contributed by atoms with van der Waals surface area (Å²) in [4.78, 5) is 7.59. The molecule has 0 amide bonds. The Kier molecular flexibility index (Phi) is 3.52. The number of nitrogen functional groups attached to an aromatic ring is 1. The molecule has 0 aliphatic carbocycles. The summed E-state index contributed by atoms with van der Waals surface area (Å²) >= 11 is 0. The van der Waals surface area contributed by atoms with E-state index >= 15 is 0 Å². The van der Waals surface area contributed by atoms with Crippen LogP contribution in [0.5, 0.6) is 5.75 Å². The van der Waals surface area contributed by atoms with E-state index in [2.05, 4.69) is 14.7 Å². The van der Waals surface area contributed by atoms with Crippen LogP contribution in [-0.4, -0.2) is 25.5 Å². The number of methoxy groups -OCH3 is 1. The van der Waals surface area contributed by atoms with Crippen molar-refractivity contribution in [2.24, 2.45) is 0 Å². The molecule has 0 atom stereocenters. The molecule has 0 aliphatic heterocycles. The predicted octanol–water partition coefficient (Wildman–Crippen LogP) is 0.868. The summed E-state index contributed by atoms with van der Waals surface area (Å²) in [5.74, 6) is 0.409. The fourth-order valence-electron chi connectivity index (χ4n) is 1.41. The van der Waals surface area contributed by atoms with Crippen molar-refractivity contribution in [3.63, 3.8) is 0 Å². The number of aromatic nitrogens is 2. The van der Waals surface area contributed by atoms with Gasteiger partial charge in [-0.3, -0.25) is 0 Å². The largest absolute Gasteiger partial charge is 0.495 e. The van der Waals surface area contributed by atoms with Gasteiger partial charge < -0.3 is 10.5 Å². The molecule has 2 aromatic rings. The standard InChI is InChI=1S/C11H12N4O3S/c1-18-10-4-3-8(7-9(10)12)19(16,17)15-11-13-5-2-6-14-11/h2-7H,12H2,1H3,(H,13,14,15). The first-order chi connectivity index (χ1) is 9.03. The summed E-state index contributed by atoms with van der Waals surface area (Å²) < 4.78 is 31.4. The molecule has 0 spiro atoms. The molecule has 100 valence electrons. The van der Waals surface area contributed by atoms with Crippen molar-refractivity contribution < 1.29 is 13.2 Å². The normalized spacial score (nSPS) is 11.0. The minimum absolute atomic E-state index is 0.00288. The Labute approximate surface area is 110 Å². The Bertz CT molecular complexity index is 674. The Balaban J connectivity index is 2.32. The van der Waals surface area contributed by atoms with E-state index in [1.54, 1.807) is 6.07 Å². The Morgan fingerprint density at radius 1 is 1.26 bits per heavy atom. The van der Waals surface area contributed by atoms with E-state index in [0.29, 0.717) is 5.75 Å². The number of ether oxygens (including phenoxy) is 1. The Hall–Kier alpha value is -2.35. The van der Waals surface area contributed by atoms with Gasteiger partial charge in [-0.05, 0) is 24.3 Å². The summed E-state index contributed by atoms with van der Waals surface area (Å²) in [5, 5.41) is 0. The lowest BCUT2D eigenvalue weighted by atomic mass is 10.3. The average Bonchev–Trinajstić information content (AvgIpc) is 2.39.